The van der Waals surface area contributed by atoms with E-state index >= 15 is 0 Å². The number of halogens is 1. The summed E-state index contributed by atoms with van der Waals surface area (Å²) < 4.78 is 0. The predicted octanol–water partition coefficient (Wildman–Crippen LogP) is 2.97. The zero-order chi connectivity index (χ0) is 15.2. The molecule has 0 saturated carbocycles. The Morgan fingerprint density at radius 3 is 2.71 bits per heavy atom. The molecule has 0 radical (unpaired) electrons. The van der Waals surface area contributed by atoms with Crippen molar-refractivity contribution in [1.82, 2.24) is 0 Å². The number of nitrogens with zero attached hydrogens (tertiary/aromatic N) is 1. The Labute approximate surface area is 128 Å². The number of carbonyl (C=O) groups is 1. The van der Waals surface area contributed by atoms with Crippen LogP contribution in [0.4, 0.5) is 5.69 Å². The maximum absolute atomic E-state index is 12.3. The highest BCUT2D eigenvalue weighted by atomic mass is 35.5. The van der Waals surface area contributed by atoms with Crippen LogP contribution in [0, 0.1) is 11.3 Å². The first-order chi connectivity index (χ1) is 10.2. The smallest absolute Gasteiger partial charge is 0.255 e. The number of hydrogen-bond acceptors (Lipinski definition) is 3. The molecule has 0 saturated heterocycles. The maximum atomic E-state index is 12.3. The fourth-order valence-corrected chi connectivity index (χ4v) is 2.22. The van der Waals surface area contributed by atoms with Crippen LogP contribution >= 0.6 is 11.6 Å². The van der Waals surface area contributed by atoms with E-state index in [2.05, 4.69) is 5.32 Å². The molecule has 0 unspecified atom stereocenters. The molecule has 3 N–H and O–H groups in total. The summed E-state index contributed by atoms with van der Waals surface area (Å²) in [6.07, 6.45) is 0.630. The Kier molecular flexibility index (Phi) is 4.94. The Morgan fingerprint density at radius 1 is 1.29 bits per heavy atom. The average molecular weight is 300 g/mol. The van der Waals surface area contributed by atoms with Gasteiger partial charge in [-0.25, -0.2) is 0 Å². The van der Waals surface area contributed by atoms with E-state index < -0.39 is 0 Å². The van der Waals surface area contributed by atoms with Gasteiger partial charge in [0.1, 0.15) is 0 Å². The molecule has 1 amide bonds. The standard InChI is InChI=1S/C16H14ClN3O/c17-14-9-11(10-19)5-6-15(14)20-16(21)13-4-2-1-3-12(13)7-8-18/h1-6,9H,7-8,18H2,(H,20,21). The Morgan fingerprint density at radius 2 is 2.05 bits per heavy atom. The molecule has 0 aliphatic carbocycles. The van der Waals surface area contributed by atoms with Crippen molar-refractivity contribution >= 4 is 23.2 Å². The number of carbonyl (C=O) groups excluding carboxylic acids is 1. The number of nitriles is 1. The second-order valence-corrected chi connectivity index (χ2v) is 4.86. The van der Waals surface area contributed by atoms with Crippen molar-refractivity contribution in [2.24, 2.45) is 5.73 Å². The number of rotatable bonds is 4. The summed E-state index contributed by atoms with van der Waals surface area (Å²) in [6, 6.07) is 14.0. The van der Waals surface area contributed by atoms with Crippen molar-refractivity contribution in [3.63, 3.8) is 0 Å². The summed E-state index contributed by atoms with van der Waals surface area (Å²) in [5.41, 5.74) is 7.94. The van der Waals surface area contributed by atoms with Gasteiger partial charge in [-0.05, 0) is 42.8 Å². The second kappa shape index (κ2) is 6.89. The van der Waals surface area contributed by atoms with Gasteiger partial charge in [0.2, 0.25) is 0 Å². The topological polar surface area (TPSA) is 78.9 Å². The molecule has 0 spiro atoms. The van der Waals surface area contributed by atoms with Gasteiger partial charge in [0, 0.05) is 5.56 Å². The molecule has 0 fully saturated rings. The van der Waals surface area contributed by atoms with Crippen LogP contribution in [0.1, 0.15) is 21.5 Å². The van der Waals surface area contributed by atoms with E-state index in [0.717, 1.165) is 5.56 Å². The number of anilines is 1. The lowest BCUT2D eigenvalue weighted by Crippen LogP contribution is -2.16. The van der Waals surface area contributed by atoms with Crippen LogP contribution in [0.2, 0.25) is 5.02 Å². The van der Waals surface area contributed by atoms with Gasteiger partial charge in [-0.2, -0.15) is 5.26 Å². The van der Waals surface area contributed by atoms with E-state index in [1.54, 1.807) is 24.3 Å². The normalized spacial score (nSPS) is 9.95. The van der Waals surface area contributed by atoms with Crippen LogP contribution < -0.4 is 11.1 Å². The summed E-state index contributed by atoms with van der Waals surface area (Å²) in [5, 5.41) is 11.9. The maximum Gasteiger partial charge on any atom is 0.255 e. The zero-order valence-electron chi connectivity index (χ0n) is 11.3. The summed E-state index contributed by atoms with van der Waals surface area (Å²) in [7, 11) is 0. The summed E-state index contributed by atoms with van der Waals surface area (Å²) in [5.74, 6) is -0.245. The van der Waals surface area contributed by atoms with Crippen LogP contribution in [0.15, 0.2) is 42.5 Å². The quantitative estimate of drug-likeness (QED) is 0.911. The number of benzene rings is 2. The van der Waals surface area contributed by atoms with Crippen LogP contribution in [0.5, 0.6) is 0 Å². The van der Waals surface area contributed by atoms with Crippen LogP contribution in [0.3, 0.4) is 0 Å². The van der Waals surface area contributed by atoms with Gasteiger partial charge in [0.25, 0.3) is 5.91 Å². The number of nitrogens with two attached hydrogens (primary N) is 1. The lowest BCUT2D eigenvalue weighted by molar-refractivity contribution is 0.102. The molecule has 21 heavy (non-hydrogen) atoms. The van der Waals surface area contributed by atoms with E-state index in [1.165, 1.54) is 6.07 Å². The Bertz CT molecular complexity index is 707. The second-order valence-electron chi connectivity index (χ2n) is 4.46. The average Bonchev–Trinajstić information content (AvgIpc) is 2.50. The van der Waals surface area contributed by atoms with Crippen molar-refractivity contribution in [2.75, 3.05) is 11.9 Å². The molecule has 0 aliphatic rings. The molecule has 106 valence electrons. The number of hydrogen-bond donors (Lipinski definition) is 2. The minimum absolute atomic E-state index is 0.245. The van der Waals surface area contributed by atoms with E-state index in [9.17, 15) is 4.79 Å². The number of amides is 1. The van der Waals surface area contributed by atoms with Crippen LogP contribution in [-0.2, 0) is 6.42 Å². The van der Waals surface area contributed by atoms with Crippen LogP contribution in [0.25, 0.3) is 0 Å². The third-order valence-electron chi connectivity index (χ3n) is 3.02. The fraction of sp³-hybridized carbons (Fsp3) is 0.125. The SMILES string of the molecule is N#Cc1ccc(NC(=O)c2ccccc2CCN)c(Cl)c1. The van der Waals surface area contributed by atoms with Gasteiger partial charge >= 0.3 is 0 Å². The van der Waals surface area contributed by atoms with Crippen LogP contribution in [-0.4, -0.2) is 12.5 Å². The van der Waals surface area contributed by atoms with E-state index in [4.69, 9.17) is 22.6 Å². The molecule has 0 bridgehead atoms. The van der Waals surface area contributed by atoms with Crippen molar-refractivity contribution in [2.45, 2.75) is 6.42 Å². The van der Waals surface area contributed by atoms with Gasteiger partial charge in [-0.1, -0.05) is 29.8 Å². The highest BCUT2D eigenvalue weighted by molar-refractivity contribution is 6.34. The van der Waals surface area contributed by atoms with Gasteiger partial charge in [0.15, 0.2) is 0 Å². The third-order valence-corrected chi connectivity index (χ3v) is 3.33. The Balaban J connectivity index is 2.24. The largest absolute Gasteiger partial charge is 0.330 e. The lowest BCUT2D eigenvalue weighted by Gasteiger charge is -2.10. The monoisotopic (exact) mass is 299 g/mol. The highest BCUT2D eigenvalue weighted by Crippen LogP contribution is 2.23. The molecule has 0 heterocycles. The zero-order valence-corrected chi connectivity index (χ0v) is 12.0. The van der Waals surface area contributed by atoms with E-state index in [0.29, 0.717) is 34.8 Å². The first kappa shape index (κ1) is 15.0. The molecular formula is C16H14ClN3O. The minimum atomic E-state index is -0.245. The predicted molar refractivity (Wildman–Crippen MR) is 83.3 cm³/mol. The van der Waals surface area contributed by atoms with Crippen molar-refractivity contribution in [1.29, 1.82) is 5.26 Å². The Hall–Kier alpha value is -2.35. The first-order valence-electron chi connectivity index (χ1n) is 6.44. The molecule has 5 heteroatoms. The van der Waals surface area contributed by atoms with Gasteiger partial charge in [-0.15, -0.1) is 0 Å². The van der Waals surface area contributed by atoms with E-state index in [-0.39, 0.29) is 5.91 Å². The molecule has 0 atom stereocenters. The molecule has 2 rings (SSSR count). The third kappa shape index (κ3) is 3.60. The van der Waals surface area contributed by atoms with Crippen molar-refractivity contribution < 1.29 is 4.79 Å². The highest BCUT2D eigenvalue weighted by Gasteiger charge is 2.12. The van der Waals surface area contributed by atoms with Gasteiger partial charge in [0.05, 0.1) is 22.3 Å². The van der Waals surface area contributed by atoms with Gasteiger partial charge < -0.3 is 11.1 Å². The lowest BCUT2D eigenvalue weighted by atomic mass is 10.0. The van der Waals surface area contributed by atoms with Gasteiger partial charge in [-0.3, -0.25) is 4.79 Å². The van der Waals surface area contributed by atoms with Crippen molar-refractivity contribution in [3.8, 4) is 6.07 Å². The molecule has 0 aliphatic heterocycles. The first-order valence-corrected chi connectivity index (χ1v) is 6.82. The fourth-order valence-electron chi connectivity index (χ4n) is 1.99. The molecule has 4 nitrogen and oxygen atoms in total. The number of nitrogens with one attached hydrogen (secondary N) is 1. The summed E-state index contributed by atoms with van der Waals surface area (Å²) >= 11 is 6.05. The summed E-state index contributed by atoms with van der Waals surface area (Å²) in [6.45, 7) is 0.474. The van der Waals surface area contributed by atoms with Crippen molar-refractivity contribution in [3.05, 3.63) is 64.2 Å². The molecule has 0 aromatic heterocycles. The molecular weight excluding hydrogens is 286 g/mol. The minimum Gasteiger partial charge on any atom is -0.330 e. The van der Waals surface area contributed by atoms with E-state index in [1.807, 2.05) is 18.2 Å². The molecule has 2 aromatic rings. The summed E-state index contributed by atoms with van der Waals surface area (Å²) in [4.78, 5) is 12.3. The molecule has 2 aromatic carbocycles.